The van der Waals surface area contributed by atoms with Gasteiger partial charge in [0.15, 0.2) is 0 Å². The molecule has 2 nitrogen and oxygen atoms in total. The largest absolute Gasteiger partial charge is 0.379 e. The van der Waals surface area contributed by atoms with E-state index in [1.165, 1.54) is 11.1 Å². The van der Waals surface area contributed by atoms with Gasteiger partial charge in [-0.25, -0.2) is 4.98 Å². The fourth-order valence-corrected chi connectivity index (χ4v) is 2.53. The molecule has 1 heterocycles. The first-order chi connectivity index (χ1) is 8.56. The van der Waals surface area contributed by atoms with Crippen LogP contribution in [0, 0.1) is 13.8 Å². The molecular weight excluding hydrogens is 312 g/mol. The molecular formula is C14H14BrClN2. The maximum Gasteiger partial charge on any atom is 0.129 e. The van der Waals surface area contributed by atoms with Crippen LogP contribution in [0.5, 0.6) is 0 Å². The second-order valence-corrected chi connectivity index (χ2v) is 5.46. The fraction of sp³-hybridized carbons (Fsp3) is 0.214. The van der Waals surface area contributed by atoms with Crippen LogP contribution in [0.15, 0.2) is 34.8 Å². The number of nitrogens with one attached hydrogen (secondary N) is 1. The zero-order chi connectivity index (χ0) is 13.1. The highest BCUT2D eigenvalue weighted by molar-refractivity contribution is 9.10. The number of benzene rings is 1. The maximum absolute atomic E-state index is 5.83. The Labute approximate surface area is 121 Å². The lowest BCUT2D eigenvalue weighted by Crippen LogP contribution is -2.02. The molecule has 0 fully saturated rings. The van der Waals surface area contributed by atoms with Gasteiger partial charge in [-0.15, -0.1) is 0 Å². The van der Waals surface area contributed by atoms with Crippen molar-refractivity contribution in [1.82, 2.24) is 4.98 Å². The van der Waals surface area contributed by atoms with Gasteiger partial charge in [-0.05, 0) is 43.2 Å². The summed E-state index contributed by atoms with van der Waals surface area (Å²) >= 11 is 9.40. The van der Waals surface area contributed by atoms with Crippen molar-refractivity contribution in [3.63, 3.8) is 0 Å². The lowest BCUT2D eigenvalue weighted by atomic mass is 10.1. The second-order valence-electron chi connectivity index (χ2n) is 4.22. The van der Waals surface area contributed by atoms with E-state index in [-0.39, 0.29) is 0 Å². The summed E-state index contributed by atoms with van der Waals surface area (Å²) in [5.74, 6) is 0. The first kappa shape index (κ1) is 13.4. The third-order valence-electron chi connectivity index (χ3n) is 2.73. The molecule has 0 aliphatic heterocycles. The van der Waals surface area contributed by atoms with Gasteiger partial charge in [-0.2, -0.15) is 0 Å². The summed E-state index contributed by atoms with van der Waals surface area (Å²) in [4.78, 5) is 4.21. The molecule has 0 bridgehead atoms. The maximum atomic E-state index is 5.83. The van der Waals surface area contributed by atoms with Gasteiger partial charge in [0, 0.05) is 11.0 Å². The van der Waals surface area contributed by atoms with Crippen molar-refractivity contribution in [2.24, 2.45) is 0 Å². The summed E-state index contributed by atoms with van der Waals surface area (Å²) in [5, 5.41) is 3.89. The van der Waals surface area contributed by atoms with Crippen LogP contribution in [0.2, 0.25) is 5.15 Å². The number of nitrogens with zero attached hydrogens (tertiary/aromatic N) is 1. The highest BCUT2D eigenvalue weighted by Crippen LogP contribution is 2.21. The van der Waals surface area contributed by atoms with Crippen molar-refractivity contribution in [3.05, 3.63) is 56.8 Å². The number of rotatable bonds is 3. The van der Waals surface area contributed by atoms with Crippen molar-refractivity contribution in [1.29, 1.82) is 0 Å². The molecule has 0 aliphatic rings. The first-order valence-corrected chi connectivity index (χ1v) is 6.85. The van der Waals surface area contributed by atoms with Crippen LogP contribution < -0.4 is 5.32 Å². The Morgan fingerprint density at radius 3 is 2.67 bits per heavy atom. The third-order valence-corrected chi connectivity index (χ3v) is 3.68. The second kappa shape index (κ2) is 5.72. The molecule has 4 heteroatoms. The van der Waals surface area contributed by atoms with Crippen LogP contribution >= 0.6 is 27.5 Å². The molecule has 0 amide bonds. The van der Waals surface area contributed by atoms with Gasteiger partial charge < -0.3 is 5.32 Å². The van der Waals surface area contributed by atoms with Crippen molar-refractivity contribution in [2.75, 3.05) is 5.32 Å². The van der Waals surface area contributed by atoms with E-state index in [2.05, 4.69) is 51.4 Å². The van der Waals surface area contributed by atoms with E-state index in [4.69, 9.17) is 11.6 Å². The van der Waals surface area contributed by atoms with Gasteiger partial charge in [-0.3, -0.25) is 0 Å². The zero-order valence-electron chi connectivity index (χ0n) is 10.3. The van der Waals surface area contributed by atoms with Crippen LogP contribution in [0.25, 0.3) is 0 Å². The van der Waals surface area contributed by atoms with Gasteiger partial charge in [0.1, 0.15) is 5.15 Å². The Bertz CT molecular complexity index is 518. The monoisotopic (exact) mass is 324 g/mol. The Kier molecular flexibility index (Phi) is 4.25. The molecule has 1 aromatic heterocycles. The standard InChI is InChI=1S/C14H14BrClN2/c1-9-3-4-11(12(15)7-9)8-17-13-5-6-14(16)18-10(13)2/h3-7,17H,8H2,1-2H3. The van der Waals surface area contributed by atoms with Crippen molar-refractivity contribution in [2.45, 2.75) is 20.4 Å². The SMILES string of the molecule is Cc1ccc(CNc2ccc(Cl)nc2C)c(Br)c1. The van der Waals surface area contributed by atoms with Crippen LogP contribution in [0.1, 0.15) is 16.8 Å². The van der Waals surface area contributed by atoms with Gasteiger partial charge in [0.05, 0.1) is 11.4 Å². The van der Waals surface area contributed by atoms with E-state index in [1.54, 1.807) is 6.07 Å². The highest BCUT2D eigenvalue weighted by Gasteiger charge is 2.03. The zero-order valence-corrected chi connectivity index (χ0v) is 12.6. The number of halogens is 2. The minimum atomic E-state index is 0.523. The first-order valence-electron chi connectivity index (χ1n) is 5.68. The summed E-state index contributed by atoms with van der Waals surface area (Å²) in [6.07, 6.45) is 0. The lowest BCUT2D eigenvalue weighted by Gasteiger charge is -2.10. The van der Waals surface area contributed by atoms with Crippen molar-refractivity contribution in [3.8, 4) is 0 Å². The summed E-state index contributed by atoms with van der Waals surface area (Å²) in [6.45, 7) is 4.78. The number of hydrogen-bond donors (Lipinski definition) is 1. The Balaban J connectivity index is 2.11. The summed E-state index contributed by atoms with van der Waals surface area (Å²) in [7, 11) is 0. The Morgan fingerprint density at radius 2 is 2.00 bits per heavy atom. The van der Waals surface area contributed by atoms with Crippen LogP contribution in [-0.2, 0) is 6.54 Å². The van der Waals surface area contributed by atoms with E-state index < -0.39 is 0 Å². The molecule has 1 aromatic carbocycles. The van der Waals surface area contributed by atoms with Gasteiger partial charge in [-0.1, -0.05) is 39.7 Å². The Morgan fingerprint density at radius 1 is 1.22 bits per heavy atom. The predicted molar refractivity (Wildman–Crippen MR) is 80.2 cm³/mol. The smallest absolute Gasteiger partial charge is 0.129 e. The highest BCUT2D eigenvalue weighted by atomic mass is 79.9. The molecule has 0 unspecified atom stereocenters. The van der Waals surface area contributed by atoms with Crippen molar-refractivity contribution < 1.29 is 0 Å². The topological polar surface area (TPSA) is 24.9 Å². The normalized spacial score (nSPS) is 10.4. The van der Waals surface area contributed by atoms with Crippen LogP contribution in [0.3, 0.4) is 0 Å². The molecule has 0 spiro atoms. The predicted octanol–water partition coefficient (Wildman–Crippen LogP) is 4.73. The summed E-state index contributed by atoms with van der Waals surface area (Å²) < 4.78 is 1.12. The van der Waals surface area contributed by atoms with Crippen molar-refractivity contribution >= 4 is 33.2 Å². The van der Waals surface area contributed by atoms with E-state index in [0.29, 0.717) is 5.15 Å². The minimum absolute atomic E-state index is 0.523. The van der Waals surface area contributed by atoms with E-state index in [1.807, 2.05) is 13.0 Å². The summed E-state index contributed by atoms with van der Waals surface area (Å²) in [6, 6.07) is 10.1. The van der Waals surface area contributed by atoms with Gasteiger partial charge in [0.25, 0.3) is 0 Å². The average Bonchev–Trinajstić information content (AvgIpc) is 2.30. The molecule has 94 valence electrons. The van der Waals surface area contributed by atoms with E-state index in [9.17, 15) is 0 Å². The fourth-order valence-electron chi connectivity index (χ4n) is 1.70. The molecule has 2 aromatic rings. The van der Waals surface area contributed by atoms with Gasteiger partial charge >= 0.3 is 0 Å². The Hall–Kier alpha value is -1.06. The van der Waals surface area contributed by atoms with Crippen LogP contribution in [0.4, 0.5) is 5.69 Å². The number of aromatic nitrogens is 1. The molecule has 1 N–H and O–H groups in total. The molecule has 0 atom stereocenters. The molecule has 0 radical (unpaired) electrons. The van der Waals surface area contributed by atoms with E-state index >= 15 is 0 Å². The number of hydrogen-bond acceptors (Lipinski definition) is 2. The number of aryl methyl sites for hydroxylation is 2. The minimum Gasteiger partial charge on any atom is -0.379 e. The number of pyridine rings is 1. The quantitative estimate of drug-likeness (QED) is 0.825. The average molecular weight is 326 g/mol. The molecule has 18 heavy (non-hydrogen) atoms. The number of anilines is 1. The lowest BCUT2D eigenvalue weighted by molar-refractivity contribution is 1.10. The third kappa shape index (κ3) is 3.24. The van der Waals surface area contributed by atoms with Gasteiger partial charge in [0.2, 0.25) is 0 Å². The molecule has 2 rings (SSSR count). The molecule has 0 saturated carbocycles. The summed E-state index contributed by atoms with van der Waals surface area (Å²) in [5.41, 5.74) is 4.38. The molecule has 0 saturated heterocycles. The van der Waals surface area contributed by atoms with Crippen LogP contribution in [-0.4, -0.2) is 4.98 Å². The molecule has 0 aliphatic carbocycles. The van der Waals surface area contributed by atoms with E-state index in [0.717, 1.165) is 22.4 Å².